The number of carbonyl (C=O) groups excluding carboxylic acids is 1. The van der Waals surface area contributed by atoms with Crippen molar-refractivity contribution in [2.45, 2.75) is 0 Å². The van der Waals surface area contributed by atoms with Crippen molar-refractivity contribution >= 4 is 5.91 Å². The monoisotopic (exact) mass is 184 g/mol. The van der Waals surface area contributed by atoms with E-state index < -0.39 is 28.7 Å². The summed E-state index contributed by atoms with van der Waals surface area (Å²) >= 11 is 0. The molecule has 6 N–H and O–H groups in total. The molecule has 0 bridgehead atoms. The molecule has 1 rings (SSSR count). The van der Waals surface area contributed by atoms with Gasteiger partial charge in [-0.3, -0.25) is 10.2 Å². The number of hydrazine groups is 1. The van der Waals surface area contributed by atoms with Crippen LogP contribution in [0, 0.1) is 0 Å². The molecule has 6 heteroatoms. The summed E-state index contributed by atoms with van der Waals surface area (Å²) in [6, 6.07) is 2.12. The predicted octanol–water partition coefficient (Wildman–Crippen LogP) is -0.593. The van der Waals surface area contributed by atoms with Crippen LogP contribution in [-0.4, -0.2) is 21.2 Å². The van der Waals surface area contributed by atoms with E-state index in [0.29, 0.717) is 0 Å². The van der Waals surface area contributed by atoms with Gasteiger partial charge < -0.3 is 15.3 Å². The van der Waals surface area contributed by atoms with Crippen LogP contribution in [0.4, 0.5) is 0 Å². The van der Waals surface area contributed by atoms with Gasteiger partial charge in [-0.05, 0) is 12.1 Å². The maximum Gasteiger partial charge on any atom is 0.272 e. The zero-order valence-corrected chi connectivity index (χ0v) is 6.48. The molecule has 0 atom stereocenters. The lowest BCUT2D eigenvalue weighted by Gasteiger charge is -2.06. The van der Waals surface area contributed by atoms with Crippen LogP contribution in [0.15, 0.2) is 12.1 Å². The zero-order chi connectivity index (χ0) is 10.0. The number of aromatic hydroxyl groups is 3. The smallest absolute Gasteiger partial charge is 0.272 e. The molecule has 0 saturated carbocycles. The summed E-state index contributed by atoms with van der Waals surface area (Å²) in [5.41, 5.74) is 1.26. The van der Waals surface area contributed by atoms with Crippen molar-refractivity contribution in [3.8, 4) is 17.2 Å². The van der Waals surface area contributed by atoms with Gasteiger partial charge in [0, 0.05) is 0 Å². The molecule has 1 amide bonds. The van der Waals surface area contributed by atoms with Crippen LogP contribution in [0.5, 0.6) is 17.2 Å². The number of nitrogens with two attached hydrogens (primary N) is 1. The van der Waals surface area contributed by atoms with E-state index in [4.69, 9.17) is 21.2 Å². The SMILES string of the molecule is NNC(=O)c1c(O)ccc(O)c1O. The standard InChI is InChI=1S/C7H8N2O4/c8-9-7(13)5-3(10)1-2-4(11)6(5)12/h1-2,10-12H,8H2,(H,9,13). The Hall–Kier alpha value is -1.95. The topological polar surface area (TPSA) is 116 Å². The second-order valence-electron chi connectivity index (χ2n) is 2.30. The Morgan fingerprint density at radius 2 is 1.77 bits per heavy atom. The second-order valence-corrected chi connectivity index (χ2v) is 2.30. The van der Waals surface area contributed by atoms with Crippen LogP contribution in [0.2, 0.25) is 0 Å². The number of benzene rings is 1. The largest absolute Gasteiger partial charge is 0.507 e. The van der Waals surface area contributed by atoms with Crippen molar-refractivity contribution in [1.82, 2.24) is 5.43 Å². The van der Waals surface area contributed by atoms with Gasteiger partial charge in [0.1, 0.15) is 11.3 Å². The minimum absolute atomic E-state index is 0.456. The van der Waals surface area contributed by atoms with Crippen molar-refractivity contribution in [3.05, 3.63) is 17.7 Å². The van der Waals surface area contributed by atoms with Crippen LogP contribution >= 0.6 is 0 Å². The molecule has 0 radical (unpaired) electrons. The average molecular weight is 184 g/mol. The minimum Gasteiger partial charge on any atom is -0.507 e. The van der Waals surface area contributed by atoms with E-state index in [9.17, 15) is 4.79 Å². The fourth-order valence-corrected chi connectivity index (χ4v) is 0.866. The maximum absolute atomic E-state index is 10.9. The lowest BCUT2D eigenvalue weighted by Crippen LogP contribution is -2.30. The van der Waals surface area contributed by atoms with Gasteiger partial charge in [-0.25, -0.2) is 5.84 Å². The summed E-state index contributed by atoms with van der Waals surface area (Å²) in [6.07, 6.45) is 0. The highest BCUT2D eigenvalue weighted by molar-refractivity contribution is 5.99. The van der Waals surface area contributed by atoms with Gasteiger partial charge in [-0.1, -0.05) is 0 Å². The fourth-order valence-electron chi connectivity index (χ4n) is 0.866. The average Bonchev–Trinajstić information content (AvgIpc) is 2.12. The van der Waals surface area contributed by atoms with Crippen LogP contribution in [0.1, 0.15) is 10.4 Å². The first-order chi connectivity index (χ1) is 6.07. The molecule has 0 fully saturated rings. The fraction of sp³-hybridized carbons (Fsp3) is 0. The molecule has 1 aromatic carbocycles. The molecule has 0 saturated heterocycles. The number of nitrogen functional groups attached to an aromatic ring is 1. The van der Waals surface area contributed by atoms with Crippen LogP contribution in [0.25, 0.3) is 0 Å². The van der Waals surface area contributed by atoms with E-state index in [-0.39, 0.29) is 0 Å². The highest BCUT2D eigenvalue weighted by atomic mass is 16.3. The van der Waals surface area contributed by atoms with Gasteiger partial charge in [0.2, 0.25) is 0 Å². The number of rotatable bonds is 1. The first-order valence-electron chi connectivity index (χ1n) is 3.32. The van der Waals surface area contributed by atoms with Crippen molar-refractivity contribution in [2.75, 3.05) is 0 Å². The Morgan fingerprint density at radius 3 is 2.31 bits per heavy atom. The second kappa shape index (κ2) is 3.20. The third-order valence-electron chi connectivity index (χ3n) is 1.49. The maximum atomic E-state index is 10.9. The molecule has 6 nitrogen and oxygen atoms in total. The Bertz CT molecular complexity index is 351. The first-order valence-corrected chi connectivity index (χ1v) is 3.32. The summed E-state index contributed by atoms with van der Waals surface area (Å²) in [7, 11) is 0. The normalized spacial score (nSPS) is 9.62. The van der Waals surface area contributed by atoms with Crippen LogP contribution < -0.4 is 11.3 Å². The number of hydrogen-bond acceptors (Lipinski definition) is 5. The van der Waals surface area contributed by atoms with Crippen LogP contribution in [-0.2, 0) is 0 Å². The van der Waals surface area contributed by atoms with Crippen molar-refractivity contribution < 1.29 is 20.1 Å². The molecule has 0 unspecified atom stereocenters. The van der Waals surface area contributed by atoms with E-state index in [1.165, 1.54) is 0 Å². The Balaban J connectivity index is 3.33. The summed E-state index contributed by atoms with van der Waals surface area (Å²) in [5.74, 6) is 2.24. The summed E-state index contributed by atoms with van der Waals surface area (Å²) in [5, 5.41) is 27.3. The molecule has 70 valence electrons. The highest BCUT2D eigenvalue weighted by Gasteiger charge is 2.17. The van der Waals surface area contributed by atoms with Gasteiger partial charge >= 0.3 is 0 Å². The molecule has 0 aliphatic rings. The quantitative estimate of drug-likeness (QED) is 0.131. The summed E-state index contributed by atoms with van der Waals surface area (Å²) < 4.78 is 0. The van der Waals surface area contributed by atoms with Crippen molar-refractivity contribution in [1.29, 1.82) is 0 Å². The minimum atomic E-state index is -0.883. The van der Waals surface area contributed by atoms with Crippen LogP contribution in [0.3, 0.4) is 0 Å². The number of hydrogen-bond donors (Lipinski definition) is 5. The molecule has 0 spiro atoms. The summed E-state index contributed by atoms with van der Waals surface area (Å²) in [6.45, 7) is 0. The lowest BCUT2D eigenvalue weighted by molar-refractivity contribution is 0.0947. The number of carbonyl (C=O) groups is 1. The number of nitrogens with one attached hydrogen (secondary N) is 1. The number of amides is 1. The van der Waals surface area contributed by atoms with E-state index in [2.05, 4.69) is 0 Å². The first kappa shape index (κ1) is 9.14. The predicted molar refractivity (Wildman–Crippen MR) is 43.1 cm³/mol. The highest BCUT2D eigenvalue weighted by Crippen LogP contribution is 2.34. The molecule has 1 aromatic rings. The van der Waals surface area contributed by atoms with Gasteiger partial charge in [0.05, 0.1) is 0 Å². The molecule has 0 heterocycles. The van der Waals surface area contributed by atoms with E-state index in [0.717, 1.165) is 12.1 Å². The van der Waals surface area contributed by atoms with E-state index >= 15 is 0 Å². The van der Waals surface area contributed by atoms with Crippen molar-refractivity contribution in [3.63, 3.8) is 0 Å². The third-order valence-corrected chi connectivity index (χ3v) is 1.49. The molecular formula is C7H8N2O4. The summed E-state index contributed by atoms with van der Waals surface area (Å²) in [4.78, 5) is 10.9. The molecule has 13 heavy (non-hydrogen) atoms. The zero-order valence-electron chi connectivity index (χ0n) is 6.48. The Morgan fingerprint density at radius 1 is 1.23 bits per heavy atom. The van der Waals surface area contributed by atoms with Gasteiger partial charge in [-0.15, -0.1) is 0 Å². The molecule has 0 aliphatic carbocycles. The van der Waals surface area contributed by atoms with Gasteiger partial charge in [0.15, 0.2) is 11.5 Å². The van der Waals surface area contributed by atoms with Crippen molar-refractivity contribution in [2.24, 2.45) is 5.84 Å². The van der Waals surface area contributed by atoms with Gasteiger partial charge in [-0.2, -0.15) is 0 Å². The Labute approximate surface area is 73.2 Å². The lowest BCUT2D eigenvalue weighted by atomic mass is 10.1. The van der Waals surface area contributed by atoms with Gasteiger partial charge in [0.25, 0.3) is 5.91 Å². The molecular weight excluding hydrogens is 176 g/mol. The Kier molecular flexibility index (Phi) is 2.25. The molecule has 0 aromatic heterocycles. The third kappa shape index (κ3) is 1.47. The van der Waals surface area contributed by atoms with E-state index in [1.807, 2.05) is 0 Å². The van der Waals surface area contributed by atoms with E-state index in [1.54, 1.807) is 5.43 Å². The molecule has 0 aliphatic heterocycles. The number of phenols is 3. The number of phenolic OH excluding ortho intramolecular Hbond substituents is 3.